The van der Waals surface area contributed by atoms with E-state index < -0.39 is 17.9 Å². The summed E-state index contributed by atoms with van der Waals surface area (Å²) < 4.78 is 0.157. The zero-order valence-corrected chi connectivity index (χ0v) is 14.7. The molecule has 6 nitrogen and oxygen atoms in total. The quantitative estimate of drug-likeness (QED) is 0.462. The van der Waals surface area contributed by atoms with E-state index in [-0.39, 0.29) is 33.1 Å². The molecule has 0 aliphatic carbocycles. The first-order chi connectivity index (χ1) is 11.2. The number of phenols is 2. The molecule has 0 saturated carbocycles. The van der Waals surface area contributed by atoms with E-state index >= 15 is 0 Å². The molecule has 1 atom stereocenters. The van der Waals surface area contributed by atoms with Crippen LogP contribution < -0.4 is 5.11 Å². The monoisotopic (exact) mass is 366 g/mol. The molecule has 1 saturated heterocycles. The SMILES string of the molecule is CC(C)C[C@@H](C(=O)[O-])N1C(=O)/C(=C/c2ccc(O)c(O)c2)SC1=S. The lowest BCUT2D eigenvalue weighted by molar-refractivity contribution is -0.310. The number of carboxylic acids is 1. The number of thiocarbonyl (C=S) groups is 1. The highest BCUT2D eigenvalue weighted by molar-refractivity contribution is 8.26. The van der Waals surface area contributed by atoms with Crippen molar-refractivity contribution in [3.63, 3.8) is 0 Å². The van der Waals surface area contributed by atoms with Gasteiger partial charge in [0.05, 0.1) is 16.9 Å². The third-order valence-corrected chi connectivity index (χ3v) is 4.73. The van der Waals surface area contributed by atoms with Crippen molar-refractivity contribution in [3.8, 4) is 11.5 Å². The Bertz CT molecular complexity index is 729. The molecule has 1 aliphatic heterocycles. The maximum Gasteiger partial charge on any atom is 0.266 e. The van der Waals surface area contributed by atoms with Crippen LogP contribution in [0.25, 0.3) is 6.08 Å². The normalized spacial score (nSPS) is 17.8. The predicted octanol–water partition coefficient (Wildman–Crippen LogP) is 1.46. The van der Waals surface area contributed by atoms with Gasteiger partial charge in [0.25, 0.3) is 5.91 Å². The van der Waals surface area contributed by atoms with Gasteiger partial charge in [-0.05, 0) is 36.1 Å². The number of amides is 1. The van der Waals surface area contributed by atoms with Crippen molar-refractivity contribution < 1.29 is 24.9 Å². The topological polar surface area (TPSA) is 101 Å². The summed E-state index contributed by atoms with van der Waals surface area (Å²) in [6.07, 6.45) is 1.72. The highest BCUT2D eigenvalue weighted by Gasteiger charge is 2.37. The number of carbonyl (C=O) groups is 2. The first-order valence-electron chi connectivity index (χ1n) is 7.20. The number of hydrogen-bond acceptors (Lipinski definition) is 7. The van der Waals surface area contributed by atoms with Gasteiger partial charge in [-0.3, -0.25) is 9.69 Å². The molecule has 24 heavy (non-hydrogen) atoms. The molecule has 1 aromatic carbocycles. The van der Waals surface area contributed by atoms with Gasteiger partial charge in [-0.1, -0.05) is 43.9 Å². The molecule has 2 N–H and O–H groups in total. The minimum atomic E-state index is -1.34. The van der Waals surface area contributed by atoms with E-state index in [9.17, 15) is 24.9 Å². The van der Waals surface area contributed by atoms with Crippen LogP contribution in [-0.2, 0) is 9.59 Å². The maximum absolute atomic E-state index is 12.5. The molecule has 1 heterocycles. The lowest BCUT2D eigenvalue weighted by atomic mass is 10.0. The lowest BCUT2D eigenvalue weighted by Crippen LogP contribution is -2.50. The first kappa shape index (κ1) is 18.3. The zero-order valence-electron chi connectivity index (χ0n) is 13.1. The fourth-order valence-corrected chi connectivity index (χ4v) is 3.64. The number of phenolic OH excluding ortho intramolecular Hbond substituents is 2. The Morgan fingerprint density at radius 3 is 2.58 bits per heavy atom. The summed E-state index contributed by atoms with van der Waals surface area (Å²) >= 11 is 6.15. The summed E-state index contributed by atoms with van der Waals surface area (Å²) in [7, 11) is 0. The molecule has 0 bridgehead atoms. The van der Waals surface area contributed by atoms with Gasteiger partial charge in [0.2, 0.25) is 0 Å². The zero-order chi connectivity index (χ0) is 18.0. The number of thioether (sulfide) groups is 1. The van der Waals surface area contributed by atoms with E-state index in [1.807, 2.05) is 13.8 Å². The van der Waals surface area contributed by atoms with Gasteiger partial charge in [-0.2, -0.15) is 0 Å². The Balaban J connectivity index is 2.31. The summed E-state index contributed by atoms with van der Waals surface area (Å²) in [4.78, 5) is 25.3. The Morgan fingerprint density at radius 2 is 2.04 bits per heavy atom. The fraction of sp³-hybridized carbons (Fsp3) is 0.312. The van der Waals surface area contributed by atoms with E-state index in [4.69, 9.17) is 12.2 Å². The number of aliphatic carboxylic acids is 1. The van der Waals surface area contributed by atoms with Crippen molar-refractivity contribution in [1.82, 2.24) is 4.90 Å². The largest absolute Gasteiger partial charge is 0.548 e. The van der Waals surface area contributed by atoms with Crippen molar-refractivity contribution >= 4 is 46.3 Å². The number of nitrogens with zero attached hydrogens (tertiary/aromatic N) is 1. The van der Waals surface area contributed by atoms with Crippen LogP contribution in [-0.4, -0.2) is 37.4 Å². The van der Waals surface area contributed by atoms with Crippen molar-refractivity contribution in [1.29, 1.82) is 0 Å². The van der Waals surface area contributed by atoms with Crippen LogP contribution in [0.5, 0.6) is 11.5 Å². The number of hydrogen-bond donors (Lipinski definition) is 2. The maximum atomic E-state index is 12.5. The second-order valence-corrected chi connectivity index (χ2v) is 7.44. The number of benzene rings is 1. The second-order valence-electron chi connectivity index (χ2n) is 5.76. The van der Waals surface area contributed by atoms with Crippen LogP contribution in [0, 0.1) is 5.92 Å². The lowest BCUT2D eigenvalue weighted by Gasteiger charge is -2.28. The number of carbonyl (C=O) groups excluding carboxylic acids is 2. The van der Waals surface area contributed by atoms with Crippen molar-refractivity contribution in [2.24, 2.45) is 5.92 Å². The van der Waals surface area contributed by atoms with Crippen LogP contribution in [0.3, 0.4) is 0 Å². The van der Waals surface area contributed by atoms with Gasteiger partial charge in [-0.25, -0.2) is 0 Å². The summed E-state index contributed by atoms with van der Waals surface area (Å²) in [5, 5.41) is 30.2. The molecule has 0 radical (unpaired) electrons. The smallest absolute Gasteiger partial charge is 0.266 e. The van der Waals surface area contributed by atoms with Gasteiger partial charge in [-0.15, -0.1) is 0 Å². The van der Waals surface area contributed by atoms with Gasteiger partial charge >= 0.3 is 0 Å². The molecule has 0 spiro atoms. The Labute approximate surface area is 148 Å². The summed E-state index contributed by atoms with van der Waals surface area (Å²) in [6.45, 7) is 3.70. The molecule has 1 aliphatic rings. The number of carboxylic acid groups (broad SMARTS) is 1. The standard InChI is InChI=1S/C16H17NO5S2/c1-8(2)5-10(15(21)22)17-14(20)13(24-16(17)23)7-9-3-4-11(18)12(19)6-9/h3-4,6-8,10,18-19H,5H2,1-2H3,(H,21,22)/p-1/b13-7-/t10-/m0/s1. The average Bonchev–Trinajstić information content (AvgIpc) is 2.75. The molecule has 0 unspecified atom stereocenters. The molecular formula is C16H16NO5S2-. The second kappa shape index (κ2) is 7.23. The van der Waals surface area contributed by atoms with Crippen molar-refractivity contribution in [3.05, 3.63) is 28.7 Å². The third-order valence-electron chi connectivity index (χ3n) is 3.40. The van der Waals surface area contributed by atoms with E-state index in [1.165, 1.54) is 24.3 Å². The highest BCUT2D eigenvalue weighted by atomic mass is 32.2. The minimum absolute atomic E-state index is 0.0515. The van der Waals surface area contributed by atoms with Crippen molar-refractivity contribution in [2.45, 2.75) is 26.3 Å². The van der Waals surface area contributed by atoms with Crippen LogP contribution in [0.15, 0.2) is 23.1 Å². The number of aromatic hydroxyl groups is 2. The summed E-state index contributed by atoms with van der Waals surface area (Å²) in [5.41, 5.74) is 0.486. The molecule has 0 aromatic heterocycles. The molecule has 1 aromatic rings. The van der Waals surface area contributed by atoms with Gasteiger partial charge < -0.3 is 20.1 Å². The first-order valence-corrected chi connectivity index (χ1v) is 8.43. The minimum Gasteiger partial charge on any atom is -0.548 e. The molecule has 2 rings (SSSR count). The van der Waals surface area contributed by atoms with Crippen LogP contribution in [0.1, 0.15) is 25.8 Å². The van der Waals surface area contributed by atoms with Crippen LogP contribution >= 0.6 is 24.0 Å². The van der Waals surface area contributed by atoms with Gasteiger partial charge in [0.1, 0.15) is 4.32 Å². The van der Waals surface area contributed by atoms with Crippen LogP contribution in [0.4, 0.5) is 0 Å². The van der Waals surface area contributed by atoms with Crippen molar-refractivity contribution in [2.75, 3.05) is 0 Å². The predicted molar refractivity (Wildman–Crippen MR) is 93.0 cm³/mol. The summed E-state index contributed by atoms with van der Waals surface area (Å²) in [6, 6.07) is 3.00. The summed E-state index contributed by atoms with van der Waals surface area (Å²) in [5.74, 6) is -2.38. The highest BCUT2D eigenvalue weighted by Crippen LogP contribution is 2.36. The Kier molecular flexibility index (Phi) is 5.51. The fourth-order valence-electron chi connectivity index (χ4n) is 2.28. The van der Waals surface area contributed by atoms with E-state index in [2.05, 4.69) is 0 Å². The Hall–Kier alpha value is -2.06. The molecule has 8 heteroatoms. The van der Waals surface area contributed by atoms with E-state index in [0.29, 0.717) is 5.56 Å². The van der Waals surface area contributed by atoms with Gasteiger partial charge in [0, 0.05) is 0 Å². The van der Waals surface area contributed by atoms with Crippen LogP contribution in [0.2, 0.25) is 0 Å². The molecule has 1 fully saturated rings. The molecular weight excluding hydrogens is 350 g/mol. The third kappa shape index (κ3) is 3.88. The number of rotatable bonds is 5. The molecule has 128 valence electrons. The average molecular weight is 366 g/mol. The van der Waals surface area contributed by atoms with E-state index in [0.717, 1.165) is 16.7 Å². The van der Waals surface area contributed by atoms with E-state index in [1.54, 1.807) is 0 Å². The van der Waals surface area contributed by atoms with Gasteiger partial charge in [0.15, 0.2) is 11.5 Å². The Morgan fingerprint density at radius 1 is 1.38 bits per heavy atom. The molecule has 1 amide bonds.